The lowest BCUT2D eigenvalue weighted by atomic mass is 10.1. The molecule has 20 heavy (non-hydrogen) atoms. The monoisotopic (exact) mass is 272 g/mol. The second-order valence-electron chi connectivity index (χ2n) is 4.08. The van der Waals surface area contributed by atoms with Crippen molar-refractivity contribution in [2.75, 3.05) is 5.32 Å². The van der Waals surface area contributed by atoms with Crippen LogP contribution >= 0.6 is 0 Å². The first-order valence-electron chi connectivity index (χ1n) is 5.83. The molecule has 3 nitrogen and oxygen atoms in total. The number of nitrogens with zero attached hydrogens (tertiary/aromatic N) is 1. The normalized spacial score (nSPS) is 9.85. The van der Waals surface area contributed by atoms with Crippen LogP contribution in [0.2, 0.25) is 0 Å². The molecule has 0 bridgehead atoms. The van der Waals surface area contributed by atoms with Gasteiger partial charge in [0.15, 0.2) is 0 Å². The molecule has 2 aromatic rings. The molecular weight excluding hydrogens is 262 g/mol. The second-order valence-corrected chi connectivity index (χ2v) is 4.08. The quantitative estimate of drug-likeness (QED) is 0.932. The lowest BCUT2D eigenvalue weighted by Crippen LogP contribution is -2.15. The Hall–Kier alpha value is -2.74. The molecule has 0 aliphatic rings. The van der Waals surface area contributed by atoms with Gasteiger partial charge in [0.05, 0.1) is 12.5 Å². The summed E-state index contributed by atoms with van der Waals surface area (Å²) in [6, 6.07) is 11.7. The SMILES string of the molecule is N#CCc1ccc(NC(=O)c2c(F)cccc2F)cc1. The molecule has 0 aromatic heterocycles. The average Bonchev–Trinajstić information content (AvgIpc) is 2.41. The molecule has 0 radical (unpaired) electrons. The van der Waals surface area contributed by atoms with Gasteiger partial charge in [0.25, 0.3) is 5.91 Å². The Bertz CT molecular complexity index is 655. The Morgan fingerprint density at radius 1 is 1.10 bits per heavy atom. The molecule has 0 aliphatic carbocycles. The van der Waals surface area contributed by atoms with E-state index in [1.807, 2.05) is 6.07 Å². The fraction of sp³-hybridized carbons (Fsp3) is 0.0667. The van der Waals surface area contributed by atoms with Gasteiger partial charge in [0.2, 0.25) is 0 Å². The molecule has 1 N–H and O–H groups in total. The fourth-order valence-corrected chi connectivity index (χ4v) is 1.71. The third-order valence-corrected chi connectivity index (χ3v) is 2.68. The molecule has 0 saturated heterocycles. The molecule has 5 heteroatoms. The van der Waals surface area contributed by atoms with E-state index in [0.717, 1.165) is 17.7 Å². The van der Waals surface area contributed by atoms with Gasteiger partial charge in [-0.15, -0.1) is 0 Å². The number of anilines is 1. The van der Waals surface area contributed by atoms with Crippen molar-refractivity contribution in [3.63, 3.8) is 0 Å². The smallest absolute Gasteiger partial charge is 0.261 e. The van der Waals surface area contributed by atoms with Crippen LogP contribution in [-0.2, 0) is 6.42 Å². The number of hydrogen-bond donors (Lipinski definition) is 1. The Morgan fingerprint density at radius 3 is 2.25 bits per heavy atom. The van der Waals surface area contributed by atoms with Crippen molar-refractivity contribution in [1.29, 1.82) is 5.26 Å². The number of nitriles is 1. The zero-order valence-electron chi connectivity index (χ0n) is 10.4. The van der Waals surface area contributed by atoms with E-state index in [0.29, 0.717) is 5.69 Å². The second kappa shape index (κ2) is 5.93. The number of carbonyl (C=O) groups is 1. The summed E-state index contributed by atoms with van der Waals surface area (Å²) < 4.78 is 26.9. The maximum atomic E-state index is 13.4. The minimum Gasteiger partial charge on any atom is -0.322 e. The average molecular weight is 272 g/mol. The van der Waals surface area contributed by atoms with Gasteiger partial charge in [-0.1, -0.05) is 18.2 Å². The summed E-state index contributed by atoms with van der Waals surface area (Å²) in [5, 5.41) is 10.9. The summed E-state index contributed by atoms with van der Waals surface area (Å²) in [7, 11) is 0. The summed E-state index contributed by atoms with van der Waals surface area (Å²) in [5.41, 5.74) is 0.579. The van der Waals surface area contributed by atoms with Crippen LogP contribution in [0.4, 0.5) is 14.5 Å². The van der Waals surface area contributed by atoms with Gasteiger partial charge in [0, 0.05) is 5.69 Å². The number of hydrogen-bond acceptors (Lipinski definition) is 2. The topological polar surface area (TPSA) is 52.9 Å². The van der Waals surface area contributed by atoms with Gasteiger partial charge in [-0.2, -0.15) is 5.26 Å². The number of carbonyl (C=O) groups excluding carboxylic acids is 1. The molecule has 1 amide bonds. The maximum Gasteiger partial charge on any atom is 0.261 e. The van der Waals surface area contributed by atoms with E-state index in [4.69, 9.17) is 5.26 Å². The highest BCUT2D eigenvalue weighted by molar-refractivity contribution is 6.04. The number of amides is 1. The van der Waals surface area contributed by atoms with Crippen LogP contribution in [0.25, 0.3) is 0 Å². The Balaban J connectivity index is 2.18. The number of benzene rings is 2. The van der Waals surface area contributed by atoms with Gasteiger partial charge >= 0.3 is 0 Å². The molecule has 2 aromatic carbocycles. The first kappa shape index (κ1) is 13.7. The zero-order chi connectivity index (χ0) is 14.5. The third-order valence-electron chi connectivity index (χ3n) is 2.68. The van der Waals surface area contributed by atoms with E-state index < -0.39 is 23.1 Å². The van der Waals surface area contributed by atoms with Crippen molar-refractivity contribution < 1.29 is 13.6 Å². The molecular formula is C15H10F2N2O. The van der Waals surface area contributed by atoms with E-state index in [1.165, 1.54) is 6.07 Å². The Morgan fingerprint density at radius 2 is 1.70 bits per heavy atom. The van der Waals surface area contributed by atoms with Crippen LogP contribution in [0, 0.1) is 23.0 Å². The zero-order valence-corrected chi connectivity index (χ0v) is 10.4. The molecule has 0 heterocycles. The van der Waals surface area contributed by atoms with Gasteiger partial charge in [-0.25, -0.2) is 8.78 Å². The summed E-state index contributed by atoms with van der Waals surface area (Å²) in [6.07, 6.45) is 0.260. The van der Waals surface area contributed by atoms with Crippen LogP contribution in [0.5, 0.6) is 0 Å². The lowest BCUT2D eigenvalue weighted by molar-refractivity contribution is 0.101. The first-order valence-corrected chi connectivity index (χ1v) is 5.83. The summed E-state index contributed by atoms with van der Waals surface area (Å²) in [5.74, 6) is -2.68. The predicted octanol–water partition coefficient (Wildman–Crippen LogP) is 3.28. The summed E-state index contributed by atoms with van der Waals surface area (Å²) in [6.45, 7) is 0. The van der Waals surface area contributed by atoms with Crippen LogP contribution in [0.1, 0.15) is 15.9 Å². The van der Waals surface area contributed by atoms with Gasteiger partial charge in [-0.05, 0) is 29.8 Å². The molecule has 100 valence electrons. The van der Waals surface area contributed by atoms with Crippen molar-refractivity contribution in [2.45, 2.75) is 6.42 Å². The highest BCUT2D eigenvalue weighted by Gasteiger charge is 2.16. The molecule has 0 spiro atoms. The van der Waals surface area contributed by atoms with Crippen molar-refractivity contribution >= 4 is 11.6 Å². The van der Waals surface area contributed by atoms with Gasteiger partial charge < -0.3 is 5.32 Å². The first-order chi connectivity index (χ1) is 9.61. The lowest BCUT2D eigenvalue weighted by Gasteiger charge is -2.07. The molecule has 0 saturated carbocycles. The van der Waals surface area contributed by atoms with Crippen LogP contribution in [0.3, 0.4) is 0 Å². The van der Waals surface area contributed by atoms with Crippen LogP contribution < -0.4 is 5.32 Å². The maximum absolute atomic E-state index is 13.4. The molecule has 0 aliphatic heterocycles. The number of nitrogens with one attached hydrogen (secondary N) is 1. The Kier molecular flexibility index (Phi) is 4.06. The molecule has 0 atom stereocenters. The minimum atomic E-state index is -0.913. The summed E-state index contributed by atoms with van der Waals surface area (Å²) >= 11 is 0. The van der Waals surface area contributed by atoms with E-state index in [-0.39, 0.29) is 6.42 Å². The highest BCUT2D eigenvalue weighted by Crippen LogP contribution is 2.16. The third kappa shape index (κ3) is 2.98. The summed E-state index contributed by atoms with van der Waals surface area (Å²) in [4.78, 5) is 11.8. The molecule has 0 fully saturated rings. The van der Waals surface area contributed by atoms with Gasteiger partial charge in [0.1, 0.15) is 17.2 Å². The Labute approximate surface area is 114 Å². The van der Waals surface area contributed by atoms with E-state index >= 15 is 0 Å². The fourth-order valence-electron chi connectivity index (χ4n) is 1.71. The molecule has 2 rings (SSSR count). The van der Waals surface area contributed by atoms with Crippen LogP contribution in [0.15, 0.2) is 42.5 Å². The van der Waals surface area contributed by atoms with Crippen molar-refractivity contribution in [1.82, 2.24) is 0 Å². The number of rotatable bonds is 3. The largest absolute Gasteiger partial charge is 0.322 e. The van der Waals surface area contributed by atoms with Gasteiger partial charge in [-0.3, -0.25) is 4.79 Å². The van der Waals surface area contributed by atoms with Crippen molar-refractivity contribution in [2.24, 2.45) is 0 Å². The van der Waals surface area contributed by atoms with Crippen LogP contribution in [-0.4, -0.2) is 5.91 Å². The van der Waals surface area contributed by atoms with E-state index in [2.05, 4.69) is 5.32 Å². The predicted molar refractivity (Wildman–Crippen MR) is 70.1 cm³/mol. The molecule has 0 unspecified atom stereocenters. The minimum absolute atomic E-state index is 0.260. The number of halogens is 2. The van der Waals surface area contributed by atoms with E-state index in [1.54, 1.807) is 24.3 Å². The van der Waals surface area contributed by atoms with E-state index in [9.17, 15) is 13.6 Å². The highest BCUT2D eigenvalue weighted by atomic mass is 19.1. The standard InChI is InChI=1S/C15H10F2N2O/c16-12-2-1-3-13(17)14(12)15(20)19-11-6-4-10(5-7-11)8-9-18/h1-7H,8H2,(H,19,20). The van der Waals surface area contributed by atoms with Crippen molar-refractivity contribution in [3.05, 3.63) is 65.2 Å². The van der Waals surface area contributed by atoms with Crippen molar-refractivity contribution in [3.8, 4) is 6.07 Å².